The van der Waals surface area contributed by atoms with Gasteiger partial charge in [0.15, 0.2) is 12.6 Å². The van der Waals surface area contributed by atoms with Crippen molar-refractivity contribution in [3.8, 4) is 0 Å². The van der Waals surface area contributed by atoms with Crippen molar-refractivity contribution >= 4 is 5.97 Å². The Morgan fingerprint density at radius 1 is 1.14 bits per heavy atom. The fraction of sp³-hybridized carbons (Fsp3) is 0.957. The van der Waals surface area contributed by atoms with Gasteiger partial charge in [-0.15, -0.1) is 0 Å². The van der Waals surface area contributed by atoms with Crippen molar-refractivity contribution in [2.75, 3.05) is 7.11 Å². The summed E-state index contributed by atoms with van der Waals surface area (Å²) >= 11 is 0. The van der Waals surface area contributed by atoms with Gasteiger partial charge in [0.05, 0.1) is 5.60 Å². The fourth-order valence-electron chi connectivity index (χ4n) is 7.94. The quantitative estimate of drug-likeness (QED) is 0.698. The third kappa shape index (κ3) is 3.00. The summed E-state index contributed by atoms with van der Waals surface area (Å²) < 4.78 is 24.3. The Bertz CT molecular complexity index is 664. The van der Waals surface area contributed by atoms with E-state index in [4.69, 9.17) is 18.9 Å². The Kier molecular flexibility index (Phi) is 5.13. The molecule has 0 aromatic heterocycles. The average molecular weight is 411 g/mol. The van der Waals surface area contributed by atoms with Crippen LogP contribution in [-0.2, 0) is 23.7 Å². The molecule has 2 saturated carbocycles. The third-order valence-electron chi connectivity index (χ3n) is 8.83. The molecule has 6 nitrogen and oxygen atoms in total. The highest BCUT2D eigenvalue weighted by atomic mass is 16.8. The van der Waals surface area contributed by atoms with E-state index < -0.39 is 18.2 Å². The average Bonchev–Trinajstić information content (AvgIpc) is 3.13. The molecule has 0 radical (unpaired) electrons. The highest BCUT2D eigenvalue weighted by molar-refractivity contribution is 5.66. The predicted molar refractivity (Wildman–Crippen MR) is 107 cm³/mol. The maximum Gasteiger partial charge on any atom is 0.302 e. The number of aliphatic hydroxyl groups excluding tert-OH is 1. The summed E-state index contributed by atoms with van der Waals surface area (Å²) in [5.74, 6) is 0.265. The van der Waals surface area contributed by atoms with Gasteiger partial charge in [-0.05, 0) is 43.4 Å². The summed E-state index contributed by atoms with van der Waals surface area (Å²) in [6.07, 6.45) is 4.82. The maximum absolute atomic E-state index is 11.9. The van der Waals surface area contributed by atoms with Crippen LogP contribution in [0.3, 0.4) is 0 Å². The zero-order chi connectivity index (χ0) is 21.2. The molecule has 0 bridgehead atoms. The highest BCUT2D eigenvalue weighted by Crippen LogP contribution is 2.69. The first-order valence-electron chi connectivity index (χ1n) is 11.2. The van der Waals surface area contributed by atoms with E-state index in [1.807, 2.05) is 0 Å². The van der Waals surface area contributed by atoms with Crippen LogP contribution in [0.4, 0.5) is 0 Å². The summed E-state index contributed by atoms with van der Waals surface area (Å²) in [6.45, 7) is 10.8. The molecule has 29 heavy (non-hydrogen) atoms. The van der Waals surface area contributed by atoms with E-state index >= 15 is 0 Å². The van der Waals surface area contributed by atoms with E-state index in [0.29, 0.717) is 6.42 Å². The normalized spacial score (nSPS) is 51.3. The molecule has 2 aliphatic carbocycles. The van der Waals surface area contributed by atoms with Crippen molar-refractivity contribution in [2.45, 2.75) is 109 Å². The lowest BCUT2D eigenvalue weighted by molar-refractivity contribution is -0.296. The predicted octanol–water partition coefficient (Wildman–Crippen LogP) is 3.79. The summed E-state index contributed by atoms with van der Waals surface area (Å²) in [7, 11) is 1.62. The molecule has 2 heterocycles. The lowest BCUT2D eigenvalue weighted by atomic mass is 9.43. The summed E-state index contributed by atoms with van der Waals surface area (Å²) in [6, 6.07) is 0. The molecule has 8 atom stereocenters. The van der Waals surface area contributed by atoms with Crippen LogP contribution in [0.25, 0.3) is 0 Å². The Labute approximate surface area is 174 Å². The molecule has 6 heteroatoms. The van der Waals surface area contributed by atoms with Crippen LogP contribution in [0.1, 0.15) is 79.6 Å². The van der Waals surface area contributed by atoms with Crippen molar-refractivity contribution in [3.63, 3.8) is 0 Å². The zero-order valence-electron chi connectivity index (χ0n) is 18.8. The number of carbonyl (C=O) groups is 1. The van der Waals surface area contributed by atoms with Crippen LogP contribution >= 0.6 is 0 Å². The van der Waals surface area contributed by atoms with E-state index in [2.05, 4.69) is 27.7 Å². The Hall–Kier alpha value is -0.690. The van der Waals surface area contributed by atoms with E-state index in [1.54, 1.807) is 7.11 Å². The van der Waals surface area contributed by atoms with E-state index in [1.165, 1.54) is 6.92 Å². The van der Waals surface area contributed by atoms with E-state index in [-0.39, 0.29) is 40.3 Å². The largest absolute Gasteiger partial charge is 0.462 e. The minimum absolute atomic E-state index is 0.0612. The van der Waals surface area contributed by atoms with E-state index in [9.17, 15) is 9.90 Å². The molecule has 2 saturated heterocycles. The second-order valence-corrected chi connectivity index (χ2v) is 10.9. The molecule has 0 unspecified atom stereocenters. The molecule has 0 aromatic carbocycles. The second kappa shape index (κ2) is 6.91. The Morgan fingerprint density at radius 2 is 1.86 bits per heavy atom. The van der Waals surface area contributed by atoms with Crippen molar-refractivity contribution in [1.29, 1.82) is 0 Å². The van der Waals surface area contributed by atoms with Crippen LogP contribution < -0.4 is 0 Å². The first kappa shape index (κ1) is 21.5. The van der Waals surface area contributed by atoms with Gasteiger partial charge < -0.3 is 24.1 Å². The number of ether oxygens (including phenoxy) is 4. The summed E-state index contributed by atoms with van der Waals surface area (Å²) in [4.78, 5) is 11.9. The van der Waals surface area contributed by atoms with Gasteiger partial charge in [0.25, 0.3) is 0 Å². The van der Waals surface area contributed by atoms with Crippen LogP contribution in [0.15, 0.2) is 0 Å². The molecule has 4 fully saturated rings. The van der Waals surface area contributed by atoms with Gasteiger partial charge in [-0.25, -0.2) is 0 Å². The summed E-state index contributed by atoms with van der Waals surface area (Å²) in [5, 5.41) is 10.2. The van der Waals surface area contributed by atoms with Gasteiger partial charge in [-0.1, -0.05) is 34.1 Å². The van der Waals surface area contributed by atoms with Crippen LogP contribution in [0.2, 0.25) is 0 Å². The Morgan fingerprint density at radius 3 is 2.52 bits per heavy atom. The lowest BCUT2D eigenvalue weighted by Gasteiger charge is -2.65. The van der Waals surface area contributed by atoms with Crippen LogP contribution in [0, 0.1) is 22.7 Å². The number of hydrogen-bond acceptors (Lipinski definition) is 6. The molecule has 2 aliphatic heterocycles. The molecule has 0 amide bonds. The molecule has 0 aromatic rings. The van der Waals surface area contributed by atoms with Crippen LogP contribution in [-0.4, -0.2) is 48.1 Å². The first-order chi connectivity index (χ1) is 13.5. The minimum atomic E-state index is -0.853. The summed E-state index contributed by atoms with van der Waals surface area (Å²) in [5.41, 5.74) is -1.00. The molecular formula is C23H38O6. The Balaban J connectivity index is 1.75. The highest BCUT2D eigenvalue weighted by Gasteiger charge is 2.71. The van der Waals surface area contributed by atoms with Crippen LogP contribution in [0.5, 0.6) is 0 Å². The van der Waals surface area contributed by atoms with Crippen molar-refractivity contribution in [3.05, 3.63) is 0 Å². The van der Waals surface area contributed by atoms with Gasteiger partial charge in [0.2, 0.25) is 0 Å². The van der Waals surface area contributed by atoms with Gasteiger partial charge in [-0.3, -0.25) is 4.79 Å². The number of carbonyl (C=O) groups excluding carboxylic acids is 1. The fourth-order valence-corrected chi connectivity index (χ4v) is 7.94. The molecule has 1 N–H and O–H groups in total. The number of methoxy groups -OCH3 is 1. The zero-order valence-corrected chi connectivity index (χ0v) is 18.8. The van der Waals surface area contributed by atoms with Gasteiger partial charge >= 0.3 is 5.97 Å². The monoisotopic (exact) mass is 410 g/mol. The van der Waals surface area contributed by atoms with Gasteiger partial charge in [-0.2, -0.15) is 0 Å². The first-order valence-corrected chi connectivity index (χ1v) is 11.2. The third-order valence-corrected chi connectivity index (χ3v) is 8.83. The number of hydrogen-bond donors (Lipinski definition) is 1. The topological polar surface area (TPSA) is 74.2 Å². The molecular weight excluding hydrogens is 372 g/mol. The minimum Gasteiger partial charge on any atom is -0.462 e. The van der Waals surface area contributed by atoms with Crippen molar-refractivity contribution in [2.24, 2.45) is 22.7 Å². The number of esters is 1. The molecule has 4 rings (SSSR count). The van der Waals surface area contributed by atoms with Crippen molar-refractivity contribution in [1.82, 2.24) is 0 Å². The number of aliphatic hydroxyl groups is 1. The molecule has 4 aliphatic rings. The van der Waals surface area contributed by atoms with Gasteiger partial charge in [0.1, 0.15) is 11.7 Å². The number of fused-ring (bicyclic) bond motifs is 2. The second-order valence-electron chi connectivity index (χ2n) is 10.9. The molecule has 166 valence electrons. The smallest absolute Gasteiger partial charge is 0.302 e. The number of rotatable bonds is 2. The van der Waals surface area contributed by atoms with Crippen molar-refractivity contribution < 1.29 is 28.8 Å². The molecule has 2 spiro atoms. The van der Waals surface area contributed by atoms with Gasteiger partial charge in [0, 0.05) is 31.8 Å². The standard InChI is InChI=1S/C23H38O6/c1-14-12-16(27-15(2)24)18-20(3,4)8-7-9-21(18,5)23(14)11-10-22(29-23)13-17(25)28-19(22)26-6/h14,16-19,25H,7-13H2,1-6H3/t14-,16-,17+,18+,19-,21+,22+,23-/m1/s1. The SMILES string of the molecule is CO[C@@H]1O[C@H](O)C[C@@]12CC[C@@]1(O2)[C@H](C)C[C@@H](OC(C)=O)[C@H]2C(C)(C)CCC[C@@]21C. The maximum atomic E-state index is 11.9. The van der Waals surface area contributed by atoms with E-state index in [0.717, 1.165) is 38.5 Å². The lowest BCUT2D eigenvalue weighted by Crippen LogP contribution is -2.67.